The molecule has 0 unspecified atom stereocenters. The molecule has 3 nitrogen and oxygen atoms in total. The van der Waals surface area contributed by atoms with Crippen molar-refractivity contribution in [2.24, 2.45) is 0 Å². The summed E-state index contributed by atoms with van der Waals surface area (Å²) in [5.41, 5.74) is -0.0982. The summed E-state index contributed by atoms with van der Waals surface area (Å²) in [6.07, 6.45) is 1.94. The lowest BCUT2D eigenvalue weighted by molar-refractivity contribution is 0.0751. The fourth-order valence-corrected chi connectivity index (χ4v) is 2.16. The van der Waals surface area contributed by atoms with Gasteiger partial charge in [-0.3, -0.25) is 4.79 Å². The molecule has 0 saturated heterocycles. The first-order valence-electron chi connectivity index (χ1n) is 6.62. The van der Waals surface area contributed by atoms with E-state index in [4.69, 9.17) is 0 Å². The number of anilines is 1. The Bertz CT molecular complexity index is 463. The van der Waals surface area contributed by atoms with E-state index in [9.17, 15) is 13.6 Å². The summed E-state index contributed by atoms with van der Waals surface area (Å²) in [5, 5.41) is 2.61. The van der Waals surface area contributed by atoms with Crippen molar-refractivity contribution in [3.05, 3.63) is 29.3 Å². The number of benzene rings is 1. The summed E-state index contributed by atoms with van der Waals surface area (Å²) in [6, 6.07) is 2.44. The van der Waals surface area contributed by atoms with E-state index in [0.29, 0.717) is 13.1 Å². The molecule has 0 spiro atoms. The molecule has 2 rings (SSSR count). The van der Waals surface area contributed by atoms with Crippen LogP contribution >= 0.6 is 0 Å². The first-order valence-corrected chi connectivity index (χ1v) is 6.62. The Balaban J connectivity index is 2.27. The smallest absolute Gasteiger partial charge is 0.254 e. The highest BCUT2D eigenvalue weighted by Crippen LogP contribution is 2.29. The Morgan fingerprint density at radius 3 is 2.32 bits per heavy atom. The van der Waals surface area contributed by atoms with Gasteiger partial charge in [-0.05, 0) is 38.8 Å². The average molecular weight is 268 g/mol. The molecule has 0 aliphatic heterocycles. The van der Waals surface area contributed by atoms with Gasteiger partial charge in [0.25, 0.3) is 5.91 Å². The number of nitrogens with zero attached hydrogens (tertiary/aromatic N) is 1. The molecule has 19 heavy (non-hydrogen) atoms. The normalized spacial score (nSPS) is 14.3. The first kappa shape index (κ1) is 13.8. The van der Waals surface area contributed by atoms with Gasteiger partial charge in [0, 0.05) is 24.7 Å². The van der Waals surface area contributed by atoms with Gasteiger partial charge in [0.1, 0.15) is 17.3 Å². The molecule has 1 amide bonds. The van der Waals surface area contributed by atoms with E-state index in [1.807, 2.05) is 6.92 Å². The SMILES string of the molecule is CCNc1c(F)cc(C(=O)N(CC)C2CC2)cc1F. The van der Waals surface area contributed by atoms with Crippen molar-refractivity contribution < 1.29 is 13.6 Å². The number of rotatable bonds is 5. The van der Waals surface area contributed by atoms with Crippen molar-refractivity contribution in [2.45, 2.75) is 32.7 Å². The van der Waals surface area contributed by atoms with Crippen LogP contribution < -0.4 is 5.32 Å². The van der Waals surface area contributed by atoms with E-state index in [-0.39, 0.29) is 23.2 Å². The number of carbonyl (C=O) groups is 1. The molecule has 0 atom stereocenters. The van der Waals surface area contributed by atoms with E-state index in [2.05, 4.69) is 5.32 Å². The van der Waals surface area contributed by atoms with Crippen LogP contribution in [0.25, 0.3) is 0 Å². The number of hydrogen-bond donors (Lipinski definition) is 1. The summed E-state index contributed by atoms with van der Waals surface area (Å²) in [4.78, 5) is 13.9. The molecule has 1 aromatic carbocycles. The zero-order valence-corrected chi connectivity index (χ0v) is 11.2. The summed E-state index contributed by atoms with van der Waals surface area (Å²) < 4.78 is 27.5. The van der Waals surface area contributed by atoms with E-state index in [1.165, 1.54) is 0 Å². The first-order chi connectivity index (χ1) is 9.08. The largest absolute Gasteiger partial charge is 0.381 e. The monoisotopic (exact) mass is 268 g/mol. The van der Waals surface area contributed by atoms with Crippen LogP contribution in [0.2, 0.25) is 0 Å². The third-order valence-electron chi connectivity index (χ3n) is 3.23. The Morgan fingerprint density at radius 2 is 1.89 bits per heavy atom. The average Bonchev–Trinajstić information content (AvgIpc) is 3.19. The highest BCUT2D eigenvalue weighted by atomic mass is 19.1. The van der Waals surface area contributed by atoms with E-state index < -0.39 is 11.6 Å². The van der Waals surface area contributed by atoms with Crippen LogP contribution in [-0.4, -0.2) is 29.9 Å². The molecule has 1 aliphatic carbocycles. The predicted octanol–water partition coefficient (Wildman–Crippen LogP) is 3.02. The van der Waals surface area contributed by atoms with Gasteiger partial charge in [0.15, 0.2) is 0 Å². The molecule has 1 saturated carbocycles. The Morgan fingerprint density at radius 1 is 1.32 bits per heavy atom. The van der Waals surface area contributed by atoms with Crippen molar-refractivity contribution >= 4 is 11.6 Å². The number of halogens is 2. The van der Waals surface area contributed by atoms with E-state index in [0.717, 1.165) is 25.0 Å². The standard InChI is InChI=1S/C14H18F2N2O/c1-3-17-13-11(15)7-9(8-12(13)16)14(19)18(4-2)10-5-6-10/h7-8,10,17H,3-6H2,1-2H3. The molecule has 104 valence electrons. The number of hydrogen-bond acceptors (Lipinski definition) is 2. The molecular formula is C14H18F2N2O. The van der Waals surface area contributed by atoms with Crippen LogP contribution in [0, 0.1) is 11.6 Å². The lowest BCUT2D eigenvalue weighted by Gasteiger charge is -2.20. The second kappa shape index (κ2) is 5.55. The number of amides is 1. The molecule has 0 bridgehead atoms. The summed E-state index contributed by atoms with van der Waals surface area (Å²) >= 11 is 0. The van der Waals surface area contributed by atoms with Gasteiger partial charge < -0.3 is 10.2 Å². The second-order valence-electron chi connectivity index (χ2n) is 4.67. The lowest BCUT2D eigenvalue weighted by atomic mass is 10.1. The maximum atomic E-state index is 13.8. The van der Waals surface area contributed by atoms with E-state index in [1.54, 1.807) is 11.8 Å². The van der Waals surface area contributed by atoms with E-state index >= 15 is 0 Å². The van der Waals surface area contributed by atoms with Crippen molar-refractivity contribution in [3.63, 3.8) is 0 Å². The fourth-order valence-electron chi connectivity index (χ4n) is 2.16. The van der Waals surface area contributed by atoms with Crippen molar-refractivity contribution in [2.75, 3.05) is 18.4 Å². The summed E-state index contributed by atoms with van der Waals surface area (Å²) in [7, 11) is 0. The molecule has 0 radical (unpaired) electrons. The maximum Gasteiger partial charge on any atom is 0.254 e. The summed E-state index contributed by atoms with van der Waals surface area (Å²) in [6.45, 7) is 4.60. The lowest BCUT2D eigenvalue weighted by Crippen LogP contribution is -2.33. The van der Waals surface area contributed by atoms with Crippen LogP contribution in [0.5, 0.6) is 0 Å². The minimum atomic E-state index is -0.725. The van der Waals surface area contributed by atoms with Gasteiger partial charge in [-0.1, -0.05) is 0 Å². The molecule has 1 aromatic rings. The molecule has 5 heteroatoms. The third kappa shape index (κ3) is 2.85. The highest BCUT2D eigenvalue weighted by molar-refractivity contribution is 5.95. The van der Waals surface area contributed by atoms with Crippen LogP contribution in [0.1, 0.15) is 37.0 Å². The van der Waals surface area contributed by atoms with Crippen molar-refractivity contribution in [1.29, 1.82) is 0 Å². The topological polar surface area (TPSA) is 32.3 Å². The Kier molecular flexibility index (Phi) is 4.02. The highest BCUT2D eigenvalue weighted by Gasteiger charge is 2.32. The molecule has 0 aromatic heterocycles. The van der Waals surface area contributed by atoms with Gasteiger partial charge in [-0.2, -0.15) is 0 Å². The Hall–Kier alpha value is -1.65. The van der Waals surface area contributed by atoms with Gasteiger partial charge in [0.05, 0.1) is 0 Å². The van der Waals surface area contributed by atoms with Gasteiger partial charge in [-0.15, -0.1) is 0 Å². The van der Waals surface area contributed by atoms with Gasteiger partial charge >= 0.3 is 0 Å². The minimum absolute atomic E-state index is 0.0744. The zero-order valence-electron chi connectivity index (χ0n) is 11.2. The molecule has 1 aliphatic rings. The van der Waals surface area contributed by atoms with Crippen LogP contribution in [-0.2, 0) is 0 Å². The predicted molar refractivity (Wildman–Crippen MR) is 70.3 cm³/mol. The maximum absolute atomic E-state index is 13.8. The molecular weight excluding hydrogens is 250 g/mol. The fraction of sp³-hybridized carbons (Fsp3) is 0.500. The molecule has 0 heterocycles. The third-order valence-corrected chi connectivity index (χ3v) is 3.23. The van der Waals surface area contributed by atoms with Crippen LogP contribution in [0.3, 0.4) is 0 Å². The second-order valence-corrected chi connectivity index (χ2v) is 4.67. The van der Waals surface area contributed by atoms with Crippen molar-refractivity contribution in [1.82, 2.24) is 4.90 Å². The molecule has 1 N–H and O–H groups in total. The number of carbonyl (C=O) groups excluding carboxylic acids is 1. The zero-order chi connectivity index (χ0) is 14.0. The minimum Gasteiger partial charge on any atom is -0.381 e. The van der Waals surface area contributed by atoms with Crippen LogP contribution in [0.15, 0.2) is 12.1 Å². The van der Waals surface area contributed by atoms with Gasteiger partial charge in [0.2, 0.25) is 0 Å². The van der Waals surface area contributed by atoms with Gasteiger partial charge in [-0.25, -0.2) is 8.78 Å². The molecule has 1 fully saturated rings. The number of nitrogens with one attached hydrogen (secondary N) is 1. The quantitative estimate of drug-likeness (QED) is 0.890. The Labute approximate surface area is 111 Å². The van der Waals surface area contributed by atoms with Crippen LogP contribution in [0.4, 0.5) is 14.5 Å². The summed E-state index contributed by atoms with van der Waals surface area (Å²) in [5.74, 6) is -1.75. The van der Waals surface area contributed by atoms with Crippen molar-refractivity contribution in [3.8, 4) is 0 Å².